The zero-order chi connectivity index (χ0) is 9.26. The highest BCUT2D eigenvalue weighted by Crippen LogP contribution is 2.17. The summed E-state index contributed by atoms with van der Waals surface area (Å²) < 4.78 is 0. The van der Waals surface area contributed by atoms with Gasteiger partial charge >= 0.3 is 0 Å². The number of hydrogen-bond acceptors (Lipinski definition) is 2. The Kier molecular flexibility index (Phi) is 2.15. The average Bonchev–Trinajstić information content (AvgIpc) is 2.28. The van der Waals surface area contributed by atoms with Crippen molar-refractivity contribution in [1.82, 2.24) is 0 Å². The minimum atomic E-state index is -0.288. The quantitative estimate of drug-likeness (QED) is 0.599. The van der Waals surface area contributed by atoms with Gasteiger partial charge in [0.05, 0.1) is 6.04 Å². The van der Waals surface area contributed by atoms with Gasteiger partial charge in [-0.05, 0) is 24.0 Å². The Bertz CT molecular complexity index is 333. The molecule has 1 unspecified atom stereocenters. The van der Waals surface area contributed by atoms with Crippen LogP contribution >= 0.6 is 0 Å². The van der Waals surface area contributed by atoms with Crippen LogP contribution in [0.3, 0.4) is 0 Å². The summed E-state index contributed by atoms with van der Waals surface area (Å²) in [7, 11) is 0. The molecule has 0 aromatic heterocycles. The Morgan fingerprint density at radius 1 is 1.15 bits per heavy atom. The van der Waals surface area contributed by atoms with E-state index in [1.54, 1.807) is 0 Å². The summed E-state index contributed by atoms with van der Waals surface area (Å²) in [5.74, 6) is 0.191. The van der Waals surface area contributed by atoms with Crippen molar-refractivity contribution in [3.63, 3.8) is 0 Å². The van der Waals surface area contributed by atoms with Crippen molar-refractivity contribution >= 4 is 5.78 Å². The maximum atomic E-state index is 11.4. The molecule has 0 fully saturated rings. The summed E-state index contributed by atoms with van der Waals surface area (Å²) in [4.78, 5) is 11.4. The minimum absolute atomic E-state index is 0.191. The largest absolute Gasteiger partial charge is 0.321 e. The molecule has 0 heterocycles. The second kappa shape index (κ2) is 3.30. The lowest BCUT2D eigenvalue weighted by Gasteiger charge is -2.06. The lowest BCUT2D eigenvalue weighted by molar-refractivity contribution is -0.120. The SMILES string of the molecule is NC1Cc2ccccc2CCC1=O. The molecule has 0 aliphatic heterocycles. The lowest BCUT2D eigenvalue weighted by Crippen LogP contribution is -2.31. The molecule has 2 nitrogen and oxygen atoms in total. The van der Waals surface area contributed by atoms with Crippen LogP contribution in [0, 0.1) is 0 Å². The summed E-state index contributed by atoms with van der Waals surface area (Å²) in [6.45, 7) is 0. The number of Topliss-reactive ketones (excluding diaryl/α,β-unsaturated/α-hetero) is 1. The molecule has 2 rings (SSSR count). The van der Waals surface area contributed by atoms with E-state index in [2.05, 4.69) is 12.1 Å². The van der Waals surface area contributed by atoms with Crippen molar-refractivity contribution in [1.29, 1.82) is 0 Å². The Labute approximate surface area is 77.8 Å². The van der Waals surface area contributed by atoms with Gasteiger partial charge in [0.25, 0.3) is 0 Å². The van der Waals surface area contributed by atoms with Gasteiger partial charge in [0.1, 0.15) is 5.78 Å². The van der Waals surface area contributed by atoms with Gasteiger partial charge in [-0.3, -0.25) is 4.79 Å². The predicted octanol–water partition coefficient (Wildman–Crippen LogP) is 1.07. The van der Waals surface area contributed by atoms with Crippen LogP contribution in [0.1, 0.15) is 17.5 Å². The maximum absolute atomic E-state index is 11.4. The van der Waals surface area contributed by atoms with Gasteiger partial charge < -0.3 is 5.73 Å². The number of ketones is 1. The van der Waals surface area contributed by atoms with Gasteiger partial charge in [0.15, 0.2) is 0 Å². The molecule has 2 heteroatoms. The molecule has 2 N–H and O–H groups in total. The molecule has 1 aliphatic rings. The van der Waals surface area contributed by atoms with Crippen LogP contribution in [0.15, 0.2) is 24.3 Å². The summed E-state index contributed by atoms with van der Waals surface area (Å²) in [6.07, 6.45) is 2.15. The Hall–Kier alpha value is -1.15. The van der Waals surface area contributed by atoms with E-state index in [9.17, 15) is 4.79 Å². The standard InChI is InChI=1S/C11H13NO/c12-10-7-9-4-2-1-3-8(9)5-6-11(10)13/h1-4,10H,5-7,12H2. The highest BCUT2D eigenvalue weighted by Gasteiger charge is 2.19. The Morgan fingerprint density at radius 3 is 2.62 bits per heavy atom. The van der Waals surface area contributed by atoms with Crippen molar-refractivity contribution in [2.45, 2.75) is 25.3 Å². The minimum Gasteiger partial charge on any atom is -0.321 e. The zero-order valence-electron chi connectivity index (χ0n) is 7.49. The second-order valence-corrected chi connectivity index (χ2v) is 3.55. The van der Waals surface area contributed by atoms with Gasteiger partial charge in [-0.25, -0.2) is 0 Å². The molecule has 1 aliphatic carbocycles. The van der Waals surface area contributed by atoms with E-state index in [4.69, 9.17) is 5.73 Å². The number of rotatable bonds is 0. The smallest absolute Gasteiger partial charge is 0.150 e. The topological polar surface area (TPSA) is 43.1 Å². The van der Waals surface area contributed by atoms with E-state index in [0.717, 1.165) is 6.42 Å². The van der Waals surface area contributed by atoms with Crippen LogP contribution < -0.4 is 5.73 Å². The van der Waals surface area contributed by atoms with Gasteiger partial charge in [0.2, 0.25) is 0 Å². The van der Waals surface area contributed by atoms with Crippen LogP contribution in [0.2, 0.25) is 0 Å². The summed E-state index contributed by atoms with van der Waals surface area (Å²) >= 11 is 0. The van der Waals surface area contributed by atoms with Crippen molar-refractivity contribution in [2.24, 2.45) is 5.73 Å². The molecule has 0 radical (unpaired) electrons. The van der Waals surface area contributed by atoms with Gasteiger partial charge in [-0.1, -0.05) is 24.3 Å². The number of benzene rings is 1. The number of carbonyl (C=O) groups is 1. The summed E-state index contributed by atoms with van der Waals surface area (Å²) in [6, 6.07) is 7.87. The fourth-order valence-electron chi connectivity index (χ4n) is 1.79. The van der Waals surface area contributed by atoms with E-state index in [0.29, 0.717) is 12.8 Å². The Balaban J connectivity index is 2.35. The van der Waals surface area contributed by atoms with E-state index in [-0.39, 0.29) is 11.8 Å². The summed E-state index contributed by atoms with van der Waals surface area (Å²) in [5.41, 5.74) is 8.26. The van der Waals surface area contributed by atoms with Gasteiger partial charge in [-0.15, -0.1) is 0 Å². The fourth-order valence-corrected chi connectivity index (χ4v) is 1.79. The molecular weight excluding hydrogens is 162 g/mol. The van der Waals surface area contributed by atoms with Crippen LogP contribution in [0.5, 0.6) is 0 Å². The van der Waals surface area contributed by atoms with Crippen molar-refractivity contribution in [2.75, 3.05) is 0 Å². The first-order valence-corrected chi connectivity index (χ1v) is 4.62. The number of nitrogens with two attached hydrogens (primary N) is 1. The van der Waals surface area contributed by atoms with Crippen LogP contribution in [0.25, 0.3) is 0 Å². The molecule has 0 saturated carbocycles. The van der Waals surface area contributed by atoms with E-state index in [1.165, 1.54) is 11.1 Å². The number of aryl methyl sites for hydroxylation is 1. The molecule has 1 aromatic rings. The molecular formula is C11H13NO. The molecule has 0 saturated heterocycles. The molecule has 68 valence electrons. The first kappa shape index (κ1) is 8.45. The first-order valence-electron chi connectivity index (χ1n) is 4.62. The monoisotopic (exact) mass is 175 g/mol. The molecule has 0 amide bonds. The molecule has 0 spiro atoms. The summed E-state index contributed by atoms with van der Waals surface area (Å²) in [5, 5.41) is 0. The van der Waals surface area contributed by atoms with Gasteiger partial charge in [-0.2, -0.15) is 0 Å². The Morgan fingerprint density at radius 2 is 1.85 bits per heavy atom. The molecule has 0 bridgehead atoms. The highest BCUT2D eigenvalue weighted by molar-refractivity contribution is 5.85. The molecule has 1 atom stereocenters. The number of carbonyl (C=O) groups excluding carboxylic acids is 1. The van der Waals surface area contributed by atoms with Crippen LogP contribution in [-0.2, 0) is 17.6 Å². The number of hydrogen-bond donors (Lipinski definition) is 1. The average molecular weight is 175 g/mol. The fraction of sp³-hybridized carbons (Fsp3) is 0.364. The van der Waals surface area contributed by atoms with E-state index < -0.39 is 0 Å². The maximum Gasteiger partial charge on any atom is 0.150 e. The molecule has 13 heavy (non-hydrogen) atoms. The molecule has 1 aromatic carbocycles. The van der Waals surface area contributed by atoms with E-state index >= 15 is 0 Å². The third kappa shape index (κ3) is 1.63. The predicted molar refractivity (Wildman–Crippen MR) is 51.4 cm³/mol. The van der Waals surface area contributed by atoms with Crippen molar-refractivity contribution < 1.29 is 4.79 Å². The van der Waals surface area contributed by atoms with Gasteiger partial charge in [0, 0.05) is 6.42 Å². The van der Waals surface area contributed by atoms with E-state index in [1.807, 2.05) is 12.1 Å². The normalized spacial score (nSPS) is 22.2. The van der Waals surface area contributed by atoms with Crippen LogP contribution in [-0.4, -0.2) is 11.8 Å². The third-order valence-electron chi connectivity index (χ3n) is 2.61. The lowest BCUT2D eigenvalue weighted by atomic mass is 10.0. The van der Waals surface area contributed by atoms with Crippen molar-refractivity contribution in [3.05, 3.63) is 35.4 Å². The van der Waals surface area contributed by atoms with Crippen molar-refractivity contribution in [3.8, 4) is 0 Å². The zero-order valence-corrected chi connectivity index (χ0v) is 7.49. The number of fused-ring (bicyclic) bond motifs is 1. The third-order valence-corrected chi connectivity index (χ3v) is 2.61. The second-order valence-electron chi connectivity index (χ2n) is 3.55. The highest BCUT2D eigenvalue weighted by atomic mass is 16.1. The van der Waals surface area contributed by atoms with Crippen LogP contribution in [0.4, 0.5) is 0 Å². The first-order chi connectivity index (χ1) is 6.27.